The second-order valence-electron chi connectivity index (χ2n) is 8.16. The van der Waals surface area contributed by atoms with E-state index in [1.165, 1.54) is 18.2 Å². The number of rotatable bonds is 5. The molecule has 1 saturated heterocycles. The Bertz CT molecular complexity index is 1430. The lowest BCUT2D eigenvalue weighted by atomic mass is 10.1. The van der Waals surface area contributed by atoms with Gasteiger partial charge in [-0.15, -0.1) is 0 Å². The number of alkyl halides is 3. The number of carbonyl (C=O) groups is 1. The van der Waals surface area contributed by atoms with Crippen LogP contribution in [0.2, 0.25) is 0 Å². The maximum atomic E-state index is 13.5. The third-order valence-corrected chi connectivity index (χ3v) is 6.84. The van der Waals surface area contributed by atoms with Crippen LogP contribution in [-0.2, 0) is 17.5 Å². The maximum Gasteiger partial charge on any atom is 0.417 e. The molecule has 1 amide bonds. The Morgan fingerprint density at radius 3 is 2.63 bits per heavy atom. The van der Waals surface area contributed by atoms with E-state index in [1.807, 2.05) is 35.2 Å². The van der Waals surface area contributed by atoms with E-state index in [1.54, 1.807) is 0 Å². The standard InChI is InChI=1S/C24H20F3N5O2S/c25-24(26,27)16-10-5-4-9-15(16)19-30-21(34)18-22(31-19)35-23(29-18)32-12-6-11-17(32)20(33)28-13-14-7-2-1-3-8-14/h1-5,7-10,17H,6,11-13H2,(H,28,33)(H,30,31,34)/t17-/m1/s1. The summed E-state index contributed by atoms with van der Waals surface area (Å²) in [4.78, 5) is 38.8. The molecule has 4 aromatic rings. The van der Waals surface area contributed by atoms with E-state index in [0.29, 0.717) is 24.6 Å². The Kier molecular flexibility index (Phi) is 6.01. The molecule has 1 atom stereocenters. The number of H-pyrrole nitrogens is 1. The van der Waals surface area contributed by atoms with Crippen molar-refractivity contribution < 1.29 is 18.0 Å². The second-order valence-corrected chi connectivity index (χ2v) is 9.12. The fourth-order valence-electron chi connectivity index (χ4n) is 4.18. The average Bonchev–Trinajstić information content (AvgIpc) is 3.50. The Morgan fingerprint density at radius 2 is 1.86 bits per heavy atom. The molecule has 5 rings (SSSR count). The summed E-state index contributed by atoms with van der Waals surface area (Å²) in [7, 11) is 0. The number of anilines is 1. The molecule has 7 nitrogen and oxygen atoms in total. The van der Waals surface area contributed by atoms with Crippen LogP contribution in [-0.4, -0.2) is 33.4 Å². The van der Waals surface area contributed by atoms with E-state index in [2.05, 4.69) is 20.3 Å². The van der Waals surface area contributed by atoms with E-state index in [0.717, 1.165) is 29.4 Å². The molecule has 35 heavy (non-hydrogen) atoms. The maximum absolute atomic E-state index is 13.5. The number of hydrogen-bond acceptors (Lipinski definition) is 6. The van der Waals surface area contributed by atoms with Gasteiger partial charge >= 0.3 is 6.18 Å². The molecule has 0 spiro atoms. The van der Waals surface area contributed by atoms with Crippen molar-refractivity contribution in [3.63, 3.8) is 0 Å². The van der Waals surface area contributed by atoms with Crippen molar-refractivity contribution in [3.05, 3.63) is 76.1 Å². The molecule has 0 aliphatic carbocycles. The number of nitrogens with one attached hydrogen (secondary N) is 2. The van der Waals surface area contributed by atoms with Crippen molar-refractivity contribution in [3.8, 4) is 11.4 Å². The van der Waals surface area contributed by atoms with Crippen molar-refractivity contribution >= 4 is 32.7 Å². The topological polar surface area (TPSA) is 91.0 Å². The summed E-state index contributed by atoms with van der Waals surface area (Å²) >= 11 is 1.09. The van der Waals surface area contributed by atoms with Gasteiger partial charge in [-0.25, -0.2) is 9.97 Å². The quantitative estimate of drug-likeness (QED) is 0.426. The van der Waals surface area contributed by atoms with Gasteiger partial charge in [-0.2, -0.15) is 13.2 Å². The highest BCUT2D eigenvalue weighted by Gasteiger charge is 2.35. The van der Waals surface area contributed by atoms with Gasteiger partial charge in [0.15, 0.2) is 15.5 Å². The summed E-state index contributed by atoms with van der Waals surface area (Å²) < 4.78 is 40.4. The molecule has 2 aromatic heterocycles. The van der Waals surface area contributed by atoms with Gasteiger partial charge in [-0.1, -0.05) is 59.9 Å². The van der Waals surface area contributed by atoms with E-state index in [4.69, 9.17) is 0 Å². The monoisotopic (exact) mass is 499 g/mol. The van der Waals surface area contributed by atoms with Crippen LogP contribution in [0.25, 0.3) is 21.7 Å². The first-order chi connectivity index (χ1) is 16.8. The van der Waals surface area contributed by atoms with Crippen molar-refractivity contribution in [2.45, 2.75) is 31.6 Å². The zero-order chi connectivity index (χ0) is 24.6. The van der Waals surface area contributed by atoms with Crippen molar-refractivity contribution in [1.29, 1.82) is 0 Å². The molecule has 1 fully saturated rings. The summed E-state index contributed by atoms with van der Waals surface area (Å²) in [5, 5.41) is 3.38. The van der Waals surface area contributed by atoms with Crippen LogP contribution in [0, 0.1) is 0 Å². The predicted molar refractivity (Wildman–Crippen MR) is 127 cm³/mol. The number of fused-ring (bicyclic) bond motifs is 1. The Balaban J connectivity index is 1.43. The summed E-state index contributed by atoms with van der Waals surface area (Å²) in [5.74, 6) is -0.323. The second kappa shape index (κ2) is 9.14. The third kappa shape index (κ3) is 4.63. The Morgan fingerprint density at radius 1 is 1.11 bits per heavy atom. The molecule has 0 bridgehead atoms. The first-order valence-electron chi connectivity index (χ1n) is 11.0. The highest BCUT2D eigenvalue weighted by atomic mass is 32.1. The molecule has 180 valence electrons. The number of nitrogens with zero attached hydrogens (tertiary/aromatic N) is 3. The van der Waals surface area contributed by atoms with Gasteiger partial charge in [-0.3, -0.25) is 9.59 Å². The number of thiazole rings is 1. The van der Waals surface area contributed by atoms with E-state index in [-0.39, 0.29) is 27.6 Å². The predicted octanol–water partition coefficient (Wildman–Crippen LogP) is 4.35. The third-order valence-electron chi connectivity index (χ3n) is 5.86. The number of carbonyl (C=O) groups excluding carboxylic acids is 1. The molecular formula is C24H20F3N5O2S. The lowest BCUT2D eigenvalue weighted by molar-refractivity contribution is -0.137. The Hall–Kier alpha value is -3.73. The fraction of sp³-hybridized carbons (Fsp3) is 0.250. The molecule has 11 heteroatoms. The van der Waals surface area contributed by atoms with Gasteiger partial charge in [0.05, 0.1) is 5.56 Å². The normalized spacial score (nSPS) is 16.1. The summed E-state index contributed by atoms with van der Waals surface area (Å²) in [5.41, 5.74) is -0.717. The first kappa shape index (κ1) is 23.0. The minimum Gasteiger partial charge on any atom is -0.350 e. The Labute approximate surface area is 201 Å². The molecule has 2 aromatic carbocycles. The molecule has 0 unspecified atom stereocenters. The molecule has 0 saturated carbocycles. The van der Waals surface area contributed by atoms with Crippen LogP contribution in [0.1, 0.15) is 24.0 Å². The fourth-order valence-corrected chi connectivity index (χ4v) is 5.20. The molecule has 3 heterocycles. The molecule has 0 radical (unpaired) electrons. The number of benzene rings is 2. The number of aromatic nitrogens is 3. The zero-order valence-electron chi connectivity index (χ0n) is 18.3. The van der Waals surface area contributed by atoms with Gasteiger partial charge in [-0.05, 0) is 24.5 Å². The van der Waals surface area contributed by atoms with Crippen molar-refractivity contribution in [2.24, 2.45) is 0 Å². The van der Waals surface area contributed by atoms with Crippen LogP contribution in [0.4, 0.5) is 18.3 Å². The van der Waals surface area contributed by atoms with Gasteiger partial charge < -0.3 is 15.2 Å². The number of aromatic amines is 1. The minimum atomic E-state index is -4.60. The lowest BCUT2D eigenvalue weighted by Gasteiger charge is -2.23. The minimum absolute atomic E-state index is 0.0357. The van der Waals surface area contributed by atoms with Crippen LogP contribution < -0.4 is 15.8 Å². The summed E-state index contributed by atoms with van der Waals surface area (Å²) in [6, 6.07) is 14.0. The van der Waals surface area contributed by atoms with Crippen LogP contribution in [0.15, 0.2) is 59.4 Å². The number of halogens is 3. The average molecular weight is 500 g/mol. The van der Waals surface area contributed by atoms with Gasteiger partial charge in [0.1, 0.15) is 11.9 Å². The van der Waals surface area contributed by atoms with E-state index in [9.17, 15) is 22.8 Å². The zero-order valence-corrected chi connectivity index (χ0v) is 19.1. The SMILES string of the molecule is O=C(NCc1ccccc1)[C@H]1CCCN1c1nc2c(=O)[nH]c(-c3ccccc3C(F)(F)F)nc2s1. The van der Waals surface area contributed by atoms with E-state index < -0.39 is 23.3 Å². The largest absolute Gasteiger partial charge is 0.417 e. The molecular weight excluding hydrogens is 479 g/mol. The van der Waals surface area contributed by atoms with Crippen molar-refractivity contribution in [2.75, 3.05) is 11.4 Å². The summed E-state index contributed by atoms with van der Waals surface area (Å²) in [6.45, 7) is 0.970. The highest BCUT2D eigenvalue weighted by molar-refractivity contribution is 7.21. The number of hydrogen-bond donors (Lipinski definition) is 2. The van der Waals surface area contributed by atoms with Crippen LogP contribution >= 0.6 is 11.3 Å². The number of amides is 1. The van der Waals surface area contributed by atoms with Crippen LogP contribution in [0.3, 0.4) is 0 Å². The molecule has 2 N–H and O–H groups in total. The summed E-state index contributed by atoms with van der Waals surface area (Å²) in [6.07, 6.45) is -3.20. The van der Waals surface area contributed by atoms with E-state index >= 15 is 0 Å². The first-order valence-corrected chi connectivity index (χ1v) is 11.8. The van der Waals surface area contributed by atoms with Crippen LogP contribution in [0.5, 0.6) is 0 Å². The van der Waals surface area contributed by atoms with Gasteiger partial charge in [0, 0.05) is 18.7 Å². The smallest absolute Gasteiger partial charge is 0.350 e. The molecule has 1 aliphatic rings. The highest BCUT2D eigenvalue weighted by Crippen LogP contribution is 2.37. The molecule has 1 aliphatic heterocycles. The van der Waals surface area contributed by atoms with Crippen molar-refractivity contribution in [1.82, 2.24) is 20.3 Å². The van der Waals surface area contributed by atoms with Gasteiger partial charge in [0.2, 0.25) is 5.91 Å². The lowest BCUT2D eigenvalue weighted by Crippen LogP contribution is -2.43. The van der Waals surface area contributed by atoms with Gasteiger partial charge in [0.25, 0.3) is 5.56 Å².